The Hall–Kier alpha value is -1.59. The molecule has 8 heteroatoms. The molecule has 0 bridgehead atoms. The molecule has 2 atom stereocenters. The molecule has 3 aromatic heterocycles. The number of hydrogen-bond acceptors (Lipinski definition) is 3. The predicted octanol–water partition coefficient (Wildman–Crippen LogP) is 7.57. The van der Waals surface area contributed by atoms with Crippen LogP contribution in [0.15, 0.2) is 36.5 Å². The Morgan fingerprint density at radius 1 is 0.933 bits per heavy atom. The highest BCUT2D eigenvalue weighted by Gasteiger charge is 2.27. The highest BCUT2D eigenvalue weighted by atomic mass is 35.5. The van der Waals surface area contributed by atoms with Crippen molar-refractivity contribution in [1.29, 1.82) is 0 Å². The molecule has 5 rings (SSSR count). The van der Waals surface area contributed by atoms with Crippen LogP contribution in [0.3, 0.4) is 0 Å². The molecule has 1 aromatic carbocycles. The summed E-state index contributed by atoms with van der Waals surface area (Å²) in [5.41, 5.74) is 2.98. The van der Waals surface area contributed by atoms with E-state index < -0.39 is 0 Å². The molecular formula is C22H18Cl4N4. The zero-order valence-electron chi connectivity index (χ0n) is 16.0. The fraction of sp³-hybridized carbons (Fsp3) is 0.318. The van der Waals surface area contributed by atoms with Crippen LogP contribution in [0.1, 0.15) is 37.3 Å². The summed E-state index contributed by atoms with van der Waals surface area (Å²) in [5, 5.41) is 3.29. The predicted molar refractivity (Wildman–Crippen MR) is 124 cm³/mol. The standard InChI is InChI=1S/C22H18Cl4N4/c23-17-11-14-5-3-13(10-18(14)27-20(17)25)2-1-12-4-6-15(9-12)30-8-7-16-19(24)28-22(26)29-21(16)30/h3,5,7-8,10-12,15H,1-2,4,6,9H2. The van der Waals surface area contributed by atoms with E-state index in [0.717, 1.165) is 47.6 Å². The van der Waals surface area contributed by atoms with Gasteiger partial charge in [-0.2, -0.15) is 4.98 Å². The molecule has 0 N–H and O–H groups in total. The van der Waals surface area contributed by atoms with Gasteiger partial charge in [-0.3, -0.25) is 0 Å². The minimum atomic E-state index is 0.188. The van der Waals surface area contributed by atoms with Gasteiger partial charge in [0.15, 0.2) is 0 Å². The highest BCUT2D eigenvalue weighted by molar-refractivity contribution is 6.41. The van der Waals surface area contributed by atoms with Crippen molar-refractivity contribution in [3.63, 3.8) is 0 Å². The maximum absolute atomic E-state index is 6.22. The molecule has 1 saturated carbocycles. The lowest BCUT2D eigenvalue weighted by Crippen LogP contribution is -2.06. The third-order valence-corrected chi connectivity index (χ3v) is 7.17. The first-order valence-electron chi connectivity index (χ1n) is 9.92. The first-order valence-corrected chi connectivity index (χ1v) is 11.4. The maximum Gasteiger partial charge on any atom is 0.225 e. The zero-order chi connectivity index (χ0) is 20.8. The summed E-state index contributed by atoms with van der Waals surface area (Å²) in [5.74, 6) is 0.665. The molecule has 0 amide bonds. The van der Waals surface area contributed by atoms with E-state index in [1.807, 2.05) is 12.1 Å². The molecule has 1 aliphatic carbocycles. The molecule has 4 nitrogen and oxygen atoms in total. The van der Waals surface area contributed by atoms with Crippen molar-refractivity contribution in [2.45, 2.75) is 38.1 Å². The van der Waals surface area contributed by atoms with Gasteiger partial charge in [-0.25, -0.2) is 9.97 Å². The number of halogens is 4. The molecule has 4 aromatic rings. The topological polar surface area (TPSA) is 43.6 Å². The van der Waals surface area contributed by atoms with Gasteiger partial charge in [-0.15, -0.1) is 0 Å². The molecule has 0 aliphatic heterocycles. The lowest BCUT2D eigenvalue weighted by Gasteiger charge is -2.14. The van der Waals surface area contributed by atoms with Crippen molar-refractivity contribution >= 4 is 68.3 Å². The van der Waals surface area contributed by atoms with E-state index in [-0.39, 0.29) is 5.28 Å². The summed E-state index contributed by atoms with van der Waals surface area (Å²) >= 11 is 24.4. The van der Waals surface area contributed by atoms with Gasteiger partial charge in [-0.05, 0) is 73.4 Å². The molecule has 0 spiro atoms. The quantitative estimate of drug-likeness (QED) is 0.172. The summed E-state index contributed by atoms with van der Waals surface area (Å²) < 4.78 is 2.21. The van der Waals surface area contributed by atoms with Crippen LogP contribution in [-0.4, -0.2) is 19.5 Å². The van der Waals surface area contributed by atoms with Crippen molar-refractivity contribution in [2.24, 2.45) is 5.92 Å². The Bertz CT molecular complexity index is 1250. The molecule has 0 radical (unpaired) electrons. The van der Waals surface area contributed by atoms with Crippen molar-refractivity contribution in [3.8, 4) is 0 Å². The van der Waals surface area contributed by atoms with Crippen LogP contribution >= 0.6 is 46.4 Å². The molecule has 1 fully saturated rings. The summed E-state index contributed by atoms with van der Waals surface area (Å²) in [6.45, 7) is 0. The Labute approximate surface area is 194 Å². The Kier molecular flexibility index (Phi) is 5.53. The molecule has 0 saturated heterocycles. The Balaban J connectivity index is 1.28. The molecular weight excluding hydrogens is 462 g/mol. The molecule has 154 valence electrons. The molecule has 3 heterocycles. The number of benzene rings is 1. The van der Waals surface area contributed by atoms with Gasteiger partial charge in [0.1, 0.15) is 16.0 Å². The van der Waals surface area contributed by atoms with Gasteiger partial charge in [0, 0.05) is 17.6 Å². The van der Waals surface area contributed by atoms with Gasteiger partial charge in [0.25, 0.3) is 0 Å². The number of hydrogen-bond donors (Lipinski definition) is 0. The third-order valence-electron chi connectivity index (χ3n) is 6.04. The number of pyridine rings is 1. The van der Waals surface area contributed by atoms with Crippen molar-refractivity contribution < 1.29 is 0 Å². The van der Waals surface area contributed by atoms with Gasteiger partial charge in [0.05, 0.1) is 15.9 Å². The van der Waals surface area contributed by atoms with Crippen molar-refractivity contribution in [1.82, 2.24) is 19.5 Å². The Morgan fingerprint density at radius 3 is 2.67 bits per heavy atom. The normalized spacial score (nSPS) is 19.2. The maximum atomic E-state index is 6.22. The minimum Gasteiger partial charge on any atom is -0.329 e. The molecule has 2 unspecified atom stereocenters. The smallest absolute Gasteiger partial charge is 0.225 e. The van der Waals surface area contributed by atoms with E-state index in [0.29, 0.717) is 27.3 Å². The fourth-order valence-corrected chi connectivity index (χ4v) is 5.26. The SMILES string of the molecule is Clc1nc(Cl)c2ccn(C3CCC(CCc4ccc5cc(Cl)c(Cl)nc5c4)C3)c2n1. The summed E-state index contributed by atoms with van der Waals surface area (Å²) in [4.78, 5) is 12.8. The first kappa shape index (κ1) is 20.3. The first-order chi connectivity index (χ1) is 14.5. The zero-order valence-corrected chi connectivity index (χ0v) is 19.0. The van der Waals surface area contributed by atoms with Crippen LogP contribution in [0, 0.1) is 5.92 Å². The van der Waals surface area contributed by atoms with E-state index in [1.165, 1.54) is 12.0 Å². The summed E-state index contributed by atoms with van der Waals surface area (Å²) in [6, 6.07) is 10.6. The average molecular weight is 480 g/mol. The number of nitrogens with zero attached hydrogens (tertiary/aromatic N) is 4. The summed E-state index contributed by atoms with van der Waals surface area (Å²) in [7, 11) is 0. The second kappa shape index (κ2) is 8.16. The number of fused-ring (bicyclic) bond motifs is 2. The van der Waals surface area contributed by atoms with Gasteiger partial charge in [-0.1, -0.05) is 46.9 Å². The monoisotopic (exact) mass is 478 g/mol. The summed E-state index contributed by atoms with van der Waals surface area (Å²) in [6.07, 6.45) is 7.65. The lowest BCUT2D eigenvalue weighted by molar-refractivity contribution is 0.461. The van der Waals surface area contributed by atoms with Crippen LogP contribution in [0.2, 0.25) is 20.6 Å². The lowest BCUT2D eigenvalue weighted by atomic mass is 9.97. The van der Waals surface area contributed by atoms with Crippen LogP contribution < -0.4 is 0 Å². The average Bonchev–Trinajstić information content (AvgIpc) is 3.34. The third kappa shape index (κ3) is 3.87. The van der Waals surface area contributed by atoms with Crippen LogP contribution in [0.25, 0.3) is 21.9 Å². The second-order valence-corrected chi connectivity index (χ2v) is 9.36. The number of aromatic nitrogens is 4. The van der Waals surface area contributed by atoms with Gasteiger partial charge in [0.2, 0.25) is 5.28 Å². The fourth-order valence-electron chi connectivity index (χ4n) is 4.52. The van der Waals surface area contributed by atoms with Crippen LogP contribution in [0.5, 0.6) is 0 Å². The second-order valence-electron chi connectivity index (χ2n) is 7.90. The van der Waals surface area contributed by atoms with Gasteiger partial charge < -0.3 is 4.57 Å². The van der Waals surface area contributed by atoms with Crippen molar-refractivity contribution in [3.05, 3.63) is 62.7 Å². The van der Waals surface area contributed by atoms with E-state index in [1.54, 1.807) is 0 Å². The number of aryl methyl sites for hydroxylation is 1. The Morgan fingerprint density at radius 2 is 1.80 bits per heavy atom. The number of rotatable bonds is 4. The van der Waals surface area contributed by atoms with Crippen molar-refractivity contribution in [2.75, 3.05) is 0 Å². The largest absolute Gasteiger partial charge is 0.329 e. The molecule has 30 heavy (non-hydrogen) atoms. The van der Waals surface area contributed by atoms with E-state index in [2.05, 4.69) is 43.9 Å². The highest BCUT2D eigenvalue weighted by Crippen LogP contribution is 2.39. The van der Waals surface area contributed by atoms with Crippen LogP contribution in [-0.2, 0) is 6.42 Å². The van der Waals surface area contributed by atoms with Crippen LogP contribution in [0.4, 0.5) is 0 Å². The minimum absolute atomic E-state index is 0.188. The van der Waals surface area contributed by atoms with Gasteiger partial charge >= 0.3 is 0 Å². The van der Waals surface area contributed by atoms with E-state index in [9.17, 15) is 0 Å². The van der Waals surface area contributed by atoms with E-state index in [4.69, 9.17) is 46.4 Å². The molecule has 1 aliphatic rings. The van der Waals surface area contributed by atoms with E-state index >= 15 is 0 Å².